The predicted molar refractivity (Wildman–Crippen MR) is 87.0 cm³/mol. The maximum atomic E-state index is 12.0. The van der Waals surface area contributed by atoms with Gasteiger partial charge < -0.3 is 9.47 Å². The standard InChI is InChI=1S/C19H22O3/c1-3-15(2)13-21-18-11-9-17(10-12-18)19(20)22-14-16-7-5-4-6-8-16/h4-12,15H,3,13-14H2,1-2H3. The fraction of sp³-hybridized carbons (Fsp3) is 0.316. The highest BCUT2D eigenvalue weighted by molar-refractivity contribution is 5.89. The molecule has 0 fully saturated rings. The van der Waals surface area contributed by atoms with Crippen molar-refractivity contribution in [2.75, 3.05) is 6.61 Å². The molecule has 0 aromatic heterocycles. The van der Waals surface area contributed by atoms with Crippen LogP contribution < -0.4 is 4.74 Å². The lowest BCUT2D eigenvalue weighted by atomic mass is 10.1. The van der Waals surface area contributed by atoms with E-state index in [1.165, 1.54) is 0 Å². The van der Waals surface area contributed by atoms with Crippen molar-refractivity contribution in [3.63, 3.8) is 0 Å². The van der Waals surface area contributed by atoms with E-state index in [1.807, 2.05) is 42.5 Å². The van der Waals surface area contributed by atoms with Crippen molar-refractivity contribution in [3.8, 4) is 5.75 Å². The van der Waals surface area contributed by atoms with E-state index >= 15 is 0 Å². The van der Waals surface area contributed by atoms with Crippen LogP contribution in [-0.4, -0.2) is 12.6 Å². The van der Waals surface area contributed by atoms with Crippen LogP contribution in [-0.2, 0) is 11.3 Å². The van der Waals surface area contributed by atoms with Crippen molar-refractivity contribution in [3.05, 3.63) is 65.7 Å². The van der Waals surface area contributed by atoms with E-state index in [0.717, 1.165) is 17.7 Å². The minimum Gasteiger partial charge on any atom is -0.493 e. The van der Waals surface area contributed by atoms with E-state index in [-0.39, 0.29) is 12.6 Å². The van der Waals surface area contributed by atoms with Crippen LogP contribution in [0.2, 0.25) is 0 Å². The summed E-state index contributed by atoms with van der Waals surface area (Å²) in [5.41, 5.74) is 1.51. The molecule has 0 aliphatic rings. The Morgan fingerprint density at radius 3 is 2.36 bits per heavy atom. The number of carbonyl (C=O) groups is 1. The van der Waals surface area contributed by atoms with Crippen molar-refractivity contribution in [1.82, 2.24) is 0 Å². The van der Waals surface area contributed by atoms with E-state index in [4.69, 9.17) is 9.47 Å². The Labute approximate surface area is 131 Å². The molecule has 1 atom stereocenters. The molecule has 0 heterocycles. The van der Waals surface area contributed by atoms with Crippen LogP contribution in [0.5, 0.6) is 5.75 Å². The third-order valence-electron chi connectivity index (χ3n) is 3.53. The summed E-state index contributed by atoms with van der Waals surface area (Å²) in [4.78, 5) is 12.0. The Balaban J connectivity index is 1.85. The van der Waals surface area contributed by atoms with Crippen molar-refractivity contribution >= 4 is 5.97 Å². The summed E-state index contributed by atoms with van der Waals surface area (Å²) in [5.74, 6) is 0.979. The summed E-state index contributed by atoms with van der Waals surface area (Å²) in [7, 11) is 0. The predicted octanol–water partition coefficient (Wildman–Crippen LogP) is 4.47. The smallest absolute Gasteiger partial charge is 0.338 e. The highest BCUT2D eigenvalue weighted by Crippen LogP contribution is 2.15. The normalized spacial score (nSPS) is 11.7. The summed E-state index contributed by atoms with van der Waals surface area (Å²) in [6.07, 6.45) is 1.09. The van der Waals surface area contributed by atoms with Crippen LogP contribution >= 0.6 is 0 Å². The highest BCUT2D eigenvalue weighted by atomic mass is 16.5. The summed E-state index contributed by atoms with van der Waals surface area (Å²) < 4.78 is 11.0. The molecular weight excluding hydrogens is 276 g/mol. The maximum absolute atomic E-state index is 12.0. The zero-order valence-electron chi connectivity index (χ0n) is 13.1. The number of esters is 1. The van der Waals surface area contributed by atoms with Crippen LogP contribution in [0.15, 0.2) is 54.6 Å². The Morgan fingerprint density at radius 1 is 1.05 bits per heavy atom. The quantitative estimate of drug-likeness (QED) is 0.708. The van der Waals surface area contributed by atoms with E-state index in [2.05, 4.69) is 13.8 Å². The number of rotatable bonds is 7. The van der Waals surface area contributed by atoms with Crippen LogP contribution in [0.25, 0.3) is 0 Å². The van der Waals surface area contributed by atoms with Gasteiger partial charge in [-0.05, 0) is 35.7 Å². The Morgan fingerprint density at radius 2 is 1.73 bits per heavy atom. The summed E-state index contributed by atoms with van der Waals surface area (Å²) in [6, 6.07) is 16.7. The van der Waals surface area contributed by atoms with Gasteiger partial charge in [-0.3, -0.25) is 0 Å². The van der Waals surface area contributed by atoms with Gasteiger partial charge in [-0.25, -0.2) is 4.79 Å². The van der Waals surface area contributed by atoms with Crippen LogP contribution in [0.3, 0.4) is 0 Å². The van der Waals surface area contributed by atoms with Crippen LogP contribution in [0.1, 0.15) is 36.2 Å². The Bertz CT molecular complexity index is 575. The molecule has 0 spiro atoms. The van der Waals surface area contributed by atoms with Crippen molar-refractivity contribution in [2.24, 2.45) is 5.92 Å². The monoisotopic (exact) mass is 298 g/mol. The first-order valence-corrected chi connectivity index (χ1v) is 7.63. The summed E-state index contributed by atoms with van der Waals surface area (Å²) in [5, 5.41) is 0. The topological polar surface area (TPSA) is 35.5 Å². The molecule has 2 aromatic rings. The van der Waals surface area contributed by atoms with Gasteiger partial charge in [0.15, 0.2) is 0 Å². The largest absolute Gasteiger partial charge is 0.493 e. The maximum Gasteiger partial charge on any atom is 0.338 e. The lowest BCUT2D eigenvalue weighted by molar-refractivity contribution is 0.0472. The zero-order valence-corrected chi connectivity index (χ0v) is 13.1. The number of benzene rings is 2. The summed E-state index contributed by atoms with van der Waals surface area (Å²) >= 11 is 0. The second-order valence-electron chi connectivity index (χ2n) is 5.41. The lowest BCUT2D eigenvalue weighted by Crippen LogP contribution is -2.08. The molecule has 0 saturated heterocycles. The number of ether oxygens (including phenoxy) is 2. The molecule has 2 rings (SSSR count). The van der Waals surface area contributed by atoms with Crippen molar-refractivity contribution < 1.29 is 14.3 Å². The van der Waals surface area contributed by atoms with Gasteiger partial charge >= 0.3 is 5.97 Å². The average molecular weight is 298 g/mol. The van der Waals surface area contributed by atoms with Gasteiger partial charge in [0.2, 0.25) is 0 Å². The van der Waals surface area contributed by atoms with Gasteiger partial charge in [-0.15, -0.1) is 0 Å². The van der Waals surface area contributed by atoms with E-state index in [1.54, 1.807) is 12.1 Å². The molecule has 22 heavy (non-hydrogen) atoms. The van der Waals surface area contributed by atoms with Crippen LogP contribution in [0.4, 0.5) is 0 Å². The Kier molecular flexibility index (Phi) is 6.01. The van der Waals surface area contributed by atoms with Gasteiger partial charge in [-0.2, -0.15) is 0 Å². The van der Waals surface area contributed by atoms with E-state index in [9.17, 15) is 4.79 Å². The fourth-order valence-electron chi connectivity index (χ4n) is 1.85. The molecule has 0 N–H and O–H groups in total. The Hall–Kier alpha value is -2.29. The third-order valence-corrected chi connectivity index (χ3v) is 3.53. The second kappa shape index (κ2) is 8.23. The lowest BCUT2D eigenvalue weighted by Gasteiger charge is -2.11. The molecule has 0 saturated carbocycles. The molecule has 0 aliphatic carbocycles. The molecule has 116 valence electrons. The van der Waals surface area contributed by atoms with Gasteiger partial charge in [0.25, 0.3) is 0 Å². The molecular formula is C19H22O3. The third kappa shape index (κ3) is 4.92. The van der Waals surface area contributed by atoms with Gasteiger partial charge in [-0.1, -0.05) is 50.6 Å². The molecule has 0 bridgehead atoms. The summed E-state index contributed by atoms with van der Waals surface area (Å²) in [6.45, 7) is 5.26. The minimum atomic E-state index is -0.322. The van der Waals surface area contributed by atoms with E-state index < -0.39 is 0 Å². The molecule has 3 heteroatoms. The molecule has 0 aliphatic heterocycles. The first-order valence-electron chi connectivity index (χ1n) is 7.63. The van der Waals surface area contributed by atoms with E-state index in [0.29, 0.717) is 18.1 Å². The minimum absolute atomic E-state index is 0.284. The number of hydrogen-bond acceptors (Lipinski definition) is 3. The van der Waals surface area contributed by atoms with Gasteiger partial charge in [0.05, 0.1) is 12.2 Å². The fourth-order valence-corrected chi connectivity index (χ4v) is 1.85. The average Bonchev–Trinajstić information content (AvgIpc) is 2.59. The second-order valence-corrected chi connectivity index (χ2v) is 5.41. The SMILES string of the molecule is CCC(C)COc1ccc(C(=O)OCc2ccccc2)cc1. The number of hydrogen-bond donors (Lipinski definition) is 0. The van der Waals surface area contributed by atoms with Gasteiger partial charge in [0, 0.05) is 0 Å². The molecule has 3 nitrogen and oxygen atoms in total. The van der Waals surface area contributed by atoms with Crippen molar-refractivity contribution in [1.29, 1.82) is 0 Å². The van der Waals surface area contributed by atoms with Gasteiger partial charge in [0.1, 0.15) is 12.4 Å². The number of carbonyl (C=O) groups excluding carboxylic acids is 1. The first kappa shape index (κ1) is 16.1. The molecule has 0 radical (unpaired) electrons. The molecule has 0 amide bonds. The zero-order chi connectivity index (χ0) is 15.8. The van der Waals surface area contributed by atoms with Crippen LogP contribution in [0, 0.1) is 5.92 Å². The first-order chi connectivity index (χ1) is 10.7. The molecule has 1 unspecified atom stereocenters. The highest BCUT2D eigenvalue weighted by Gasteiger charge is 2.08. The van der Waals surface area contributed by atoms with Crippen molar-refractivity contribution in [2.45, 2.75) is 26.9 Å². The molecule has 2 aromatic carbocycles.